The number of amides is 1. The molecule has 0 aliphatic heterocycles. The molecule has 0 saturated heterocycles. The number of carboxylic acids is 1. The van der Waals surface area contributed by atoms with Gasteiger partial charge >= 0.3 is 5.97 Å². The van der Waals surface area contributed by atoms with E-state index in [0.717, 1.165) is 0 Å². The maximum atomic E-state index is 11.8. The molecule has 1 amide bonds. The molecule has 1 aliphatic rings. The Labute approximate surface area is 113 Å². The van der Waals surface area contributed by atoms with E-state index in [0.29, 0.717) is 6.42 Å². The Morgan fingerprint density at radius 3 is 2.61 bits per heavy atom. The van der Waals surface area contributed by atoms with Crippen LogP contribution in [-0.4, -0.2) is 28.0 Å². The molecule has 2 unspecified atom stereocenters. The van der Waals surface area contributed by atoms with Crippen molar-refractivity contribution in [3.8, 4) is 0 Å². The van der Waals surface area contributed by atoms with Gasteiger partial charge in [0.2, 0.25) is 0 Å². The number of carbonyl (C=O) groups is 2. The first kappa shape index (κ1) is 13.0. The summed E-state index contributed by atoms with van der Waals surface area (Å²) in [5, 5.41) is 12.0. The minimum Gasteiger partial charge on any atom is -0.481 e. The number of hydrogen-bond donors (Lipinski definition) is 3. The fourth-order valence-corrected chi connectivity index (χ4v) is 2.07. The van der Waals surface area contributed by atoms with Gasteiger partial charge in [0, 0.05) is 6.04 Å². The van der Waals surface area contributed by atoms with Crippen molar-refractivity contribution in [1.29, 1.82) is 0 Å². The predicted octanol–water partition coefficient (Wildman–Crippen LogP) is 2.08. The van der Waals surface area contributed by atoms with Crippen LogP contribution < -0.4 is 5.32 Å². The van der Waals surface area contributed by atoms with E-state index in [2.05, 4.69) is 10.3 Å². The monoisotopic (exact) mass is 288 g/mol. The fraction of sp³-hybridized carbons (Fsp3) is 0.273. The van der Waals surface area contributed by atoms with Crippen LogP contribution in [0.15, 0.2) is 18.2 Å². The maximum Gasteiger partial charge on any atom is 0.310 e. The van der Waals surface area contributed by atoms with Crippen molar-refractivity contribution in [2.75, 3.05) is 0 Å². The number of halogens is 2. The lowest BCUT2D eigenvalue weighted by Gasteiger charge is -2.11. The fourth-order valence-electron chi connectivity index (χ4n) is 1.76. The van der Waals surface area contributed by atoms with Gasteiger partial charge < -0.3 is 15.4 Å². The number of rotatable bonds is 3. The largest absolute Gasteiger partial charge is 0.481 e. The first-order valence-electron chi connectivity index (χ1n) is 5.23. The number of carbonyl (C=O) groups excluding carboxylic acids is 1. The van der Waals surface area contributed by atoms with Gasteiger partial charge in [-0.2, -0.15) is 0 Å². The van der Waals surface area contributed by atoms with Crippen LogP contribution in [0.25, 0.3) is 0 Å². The second kappa shape index (κ2) is 5.04. The summed E-state index contributed by atoms with van der Waals surface area (Å²) in [6, 6.07) is 1.13. The zero-order valence-electron chi connectivity index (χ0n) is 9.11. The highest BCUT2D eigenvalue weighted by Gasteiger charge is 2.26. The number of aromatic amines is 1. The Morgan fingerprint density at radius 1 is 1.39 bits per heavy atom. The topological polar surface area (TPSA) is 82.2 Å². The van der Waals surface area contributed by atoms with Crippen LogP contribution in [0.2, 0.25) is 10.2 Å². The summed E-state index contributed by atoms with van der Waals surface area (Å²) in [4.78, 5) is 25.2. The molecular formula is C11H10Cl2N2O3. The second-order valence-corrected chi connectivity index (χ2v) is 4.78. The molecule has 18 heavy (non-hydrogen) atoms. The van der Waals surface area contributed by atoms with Gasteiger partial charge in [0.05, 0.1) is 10.9 Å². The van der Waals surface area contributed by atoms with E-state index in [-0.39, 0.29) is 27.8 Å². The van der Waals surface area contributed by atoms with E-state index in [1.165, 1.54) is 6.07 Å². The quantitative estimate of drug-likeness (QED) is 0.745. The van der Waals surface area contributed by atoms with Crippen molar-refractivity contribution in [2.24, 2.45) is 5.92 Å². The molecule has 0 radical (unpaired) electrons. The smallest absolute Gasteiger partial charge is 0.310 e. The number of aliphatic carboxylic acids is 1. The molecule has 1 aromatic heterocycles. The summed E-state index contributed by atoms with van der Waals surface area (Å²) in [5.41, 5.74) is 0.247. The van der Waals surface area contributed by atoms with E-state index in [9.17, 15) is 9.59 Å². The molecule has 1 aromatic rings. The van der Waals surface area contributed by atoms with E-state index < -0.39 is 11.9 Å². The Morgan fingerprint density at radius 2 is 2.11 bits per heavy atom. The van der Waals surface area contributed by atoms with Crippen LogP contribution in [0.5, 0.6) is 0 Å². The third-order valence-corrected chi connectivity index (χ3v) is 3.38. The SMILES string of the molecule is O=C(NC1C=CC(C(=O)O)C1)c1cc(Cl)c(Cl)[nH]1. The summed E-state index contributed by atoms with van der Waals surface area (Å²) in [7, 11) is 0. The molecule has 3 N–H and O–H groups in total. The van der Waals surface area contributed by atoms with E-state index in [4.69, 9.17) is 28.3 Å². The first-order chi connectivity index (χ1) is 8.47. The number of aromatic nitrogens is 1. The van der Waals surface area contributed by atoms with Gasteiger partial charge in [-0.05, 0) is 12.5 Å². The molecule has 2 rings (SSSR count). The molecule has 1 heterocycles. The third-order valence-electron chi connectivity index (χ3n) is 2.69. The van der Waals surface area contributed by atoms with Gasteiger partial charge in [0.25, 0.3) is 5.91 Å². The Bertz CT molecular complexity index is 505. The maximum absolute atomic E-state index is 11.8. The Hall–Kier alpha value is -1.46. The van der Waals surface area contributed by atoms with Crippen molar-refractivity contribution in [3.05, 3.63) is 34.1 Å². The highest BCUT2D eigenvalue weighted by molar-refractivity contribution is 6.41. The summed E-state index contributed by atoms with van der Waals surface area (Å²) < 4.78 is 0. The van der Waals surface area contributed by atoms with Crippen molar-refractivity contribution >= 4 is 35.1 Å². The highest BCUT2D eigenvalue weighted by atomic mass is 35.5. The van der Waals surface area contributed by atoms with Crippen LogP contribution in [0.3, 0.4) is 0 Å². The second-order valence-electron chi connectivity index (χ2n) is 3.99. The summed E-state index contributed by atoms with van der Waals surface area (Å²) in [6.07, 6.45) is 3.59. The zero-order valence-corrected chi connectivity index (χ0v) is 10.6. The summed E-state index contributed by atoms with van der Waals surface area (Å²) in [6.45, 7) is 0. The van der Waals surface area contributed by atoms with Crippen LogP contribution in [0.1, 0.15) is 16.9 Å². The van der Waals surface area contributed by atoms with Gasteiger partial charge in [-0.25, -0.2) is 0 Å². The first-order valence-corrected chi connectivity index (χ1v) is 5.99. The van der Waals surface area contributed by atoms with Crippen LogP contribution in [0, 0.1) is 5.92 Å². The summed E-state index contributed by atoms with van der Waals surface area (Å²) >= 11 is 11.4. The van der Waals surface area contributed by atoms with E-state index in [1.807, 2.05) is 0 Å². The molecule has 96 valence electrons. The van der Waals surface area contributed by atoms with Gasteiger partial charge in [-0.3, -0.25) is 9.59 Å². The lowest BCUT2D eigenvalue weighted by Crippen LogP contribution is -2.33. The average Bonchev–Trinajstić information content (AvgIpc) is 2.87. The number of nitrogens with one attached hydrogen (secondary N) is 2. The van der Waals surface area contributed by atoms with Crippen LogP contribution in [0.4, 0.5) is 0 Å². The Kier molecular flexibility index (Phi) is 3.63. The zero-order chi connectivity index (χ0) is 13.3. The molecular weight excluding hydrogens is 279 g/mol. The van der Waals surface area contributed by atoms with Gasteiger partial charge in [0.1, 0.15) is 10.8 Å². The van der Waals surface area contributed by atoms with Crippen LogP contribution >= 0.6 is 23.2 Å². The minimum atomic E-state index is -0.894. The standard InChI is InChI=1S/C11H10Cl2N2O3/c12-7-4-8(15-9(7)13)10(16)14-6-2-1-5(3-6)11(17)18/h1-2,4-6,15H,3H2,(H,14,16)(H,17,18). The molecule has 0 spiro atoms. The lowest BCUT2D eigenvalue weighted by atomic mass is 10.1. The average molecular weight is 289 g/mol. The molecule has 2 atom stereocenters. The van der Waals surface area contributed by atoms with Crippen molar-refractivity contribution in [2.45, 2.75) is 12.5 Å². The van der Waals surface area contributed by atoms with Gasteiger partial charge in [0.15, 0.2) is 0 Å². The molecule has 0 bridgehead atoms. The minimum absolute atomic E-state index is 0.201. The molecule has 1 aliphatic carbocycles. The Balaban J connectivity index is 1.97. The highest BCUT2D eigenvalue weighted by Crippen LogP contribution is 2.22. The van der Waals surface area contributed by atoms with Crippen molar-refractivity contribution in [1.82, 2.24) is 10.3 Å². The molecule has 7 heteroatoms. The van der Waals surface area contributed by atoms with Crippen molar-refractivity contribution < 1.29 is 14.7 Å². The third kappa shape index (κ3) is 2.68. The molecule has 0 fully saturated rings. The number of H-pyrrole nitrogens is 1. The van der Waals surface area contributed by atoms with E-state index in [1.54, 1.807) is 12.2 Å². The lowest BCUT2D eigenvalue weighted by molar-refractivity contribution is -0.140. The normalized spacial score (nSPS) is 22.1. The predicted molar refractivity (Wildman–Crippen MR) is 66.9 cm³/mol. The molecule has 5 nitrogen and oxygen atoms in total. The van der Waals surface area contributed by atoms with Gasteiger partial charge in [-0.15, -0.1) is 0 Å². The van der Waals surface area contributed by atoms with Gasteiger partial charge in [-0.1, -0.05) is 35.4 Å². The molecule has 0 aromatic carbocycles. The van der Waals surface area contributed by atoms with Crippen LogP contribution in [-0.2, 0) is 4.79 Å². The molecule has 0 saturated carbocycles. The van der Waals surface area contributed by atoms with E-state index >= 15 is 0 Å². The van der Waals surface area contributed by atoms with Crippen molar-refractivity contribution in [3.63, 3.8) is 0 Å². The summed E-state index contributed by atoms with van der Waals surface area (Å²) in [5.74, 6) is -1.82. The number of hydrogen-bond acceptors (Lipinski definition) is 2. The number of carboxylic acid groups (broad SMARTS) is 1.